The first-order valence-corrected chi connectivity index (χ1v) is 10.7. The molecule has 0 aliphatic carbocycles. The van der Waals surface area contributed by atoms with Crippen molar-refractivity contribution in [3.63, 3.8) is 0 Å². The average Bonchev–Trinajstić information content (AvgIpc) is 2.92. The van der Waals surface area contributed by atoms with Crippen molar-refractivity contribution < 1.29 is 17.9 Å². The Balaban J connectivity index is 1.83. The highest BCUT2D eigenvalue weighted by Crippen LogP contribution is 2.19. The van der Waals surface area contributed by atoms with Gasteiger partial charge >= 0.3 is 6.09 Å². The van der Waals surface area contributed by atoms with Crippen molar-refractivity contribution in [2.45, 2.75) is 39.8 Å². The molecule has 2 heterocycles. The summed E-state index contributed by atoms with van der Waals surface area (Å²) in [5, 5.41) is 5.02. The van der Waals surface area contributed by atoms with Gasteiger partial charge in [-0.15, -0.1) is 11.3 Å². The van der Waals surface area contributed by atoms with E-state index in [1.807, 2.05) is 5.38 Å². The molecule has 0 spiro atoms. The van der Waals surface area contributed by atoms with Crippen LogP contribution in [0.3, 0.4) is 0 Å². The maximum absolute atomic E-state index is 11.9. The summed E-state index contributed by atoms with van der Waals surface area (Å²) < 4.78 is 30.5. The van der Waals surface area contributed by atoms with Gasteiger partial charge in [-0.1, -0.05) is 0 Å². The Labute approximate surface area is 153 Å². The third-order valence-electron chi connectivity index (χ3n) is 3.63. The largest absolute Gasteiger partial charge is 0.444 e. The van der Waals surface area contributed by atoms with Crippen LogP contribution >= 0.6 is 11.3 Å². The van der Waals surface area contributed by atoms with Gasteiger partial charge in [0.25, 0.3) is 0 Å². The van der Waals surface area contributed by atoms with Crippen LogP contribution in [0.4, 0.5) is 9.93 Å². The summed E-state index contributed by atoms with van der Waals surface area (Å²) >= 11 is 1.34. The number of amides is 1. The summed E-state index contributed by atoms with van der Waals surface area (Å²) in [5.74, 6) is 0.138. The molecular weight excluding hydrogens is 364 g/mol. The SMILES string of the molecule is CCS(=O)(=O)N1CCN(Cc2csc(NC(=O)OC(C)(C)C)n2)CC1. The lowest BCUT2D eigenvalue weighted by atomic mass is 10.2. The molecule has 8 nitrogen and oxygen atoms in total. The molecule has 0 saturated carbocycles. The van der Waals surface area contributed by atoms with E-state index in [0.29, 0.717) is 37.9 Å². The van der Waals surface area contributed by atoms with Gasteiger partial charge in [0.05, 0.1) is 11.4 Å². The Hall–Kier alpha value is -1.23. The van der Waals surface area contributed by atoms with Gasteiger partial charge < -0.3 is 4.74 Å². The maximum atomic E-state index is 11.9. The minimum absolute atomic E-state index is 0.138. The van der Waals surface area contributed by atoms with Crippen molar-refractivity contribution in [1.29, 1.82) is 0 Å². The fourth-order valence-electron chi connectivity index (χ4n) is 2.41. The Morgan fingerprint density at radius 3 is 2.52 bits per heavy atom. The van der Waals surface area contributed by atoms with Crippen molar-refractivity contribution in [2.75, 3.05) is 37.2 Å². The molecule has 25 heavy (non-hydrogen) atoms. The van der Waals surface area contributed by atoms with E-state index < -0.39 is 21.7 Å². The summed E-state index contributed by atoms with van der Waals surface area (Å²) in [5.41, 5.74) is 0.297. The van der Waals surface area contributed by atoms with Crippen LogP contribution in [-0.4, -0.2) is 66.2 Å². The first-order valence-electron chi connectivity index (χ1n) is 8.23. The summed E-state index contributed by atoms with van der Waals surface area (Å²) in [6.07, 6.45) is -0.521. The molecule has 0 radical (unpaired) electrons. The standard InChI is InChI=1S/C15H26N4O4S2/c1-5-25(21,22)19-8-6-18(7-9-19)10-12-11-24-13(16-12)17-14(20)23-15(2,3)4/h11H,5-10H2,1-4H3,(H,16,17,20). The van der Waals surface area contributed by atoms with Crippen LogP contribution in [0, 0.1) is 0 Å². The molecule has 1 aromatic heterocycles. The number of rotatable bonds is 5. The number of carbonyl (C=O) groups excluding carboxylic acids is 1. The summed E-state index contributed by atoms with van der Waals surface area (Å²) in [7, 11) is -3.11. The van der Waals surface area contributed by atoms with Crippen molar-refractivity contribution in [1.82, 2.24) is 14.2 Å². The molecule has 0 unspecified atom stereocenters. The van der Waals surface area contributed by atoms with Gasteiger partial charge in [0.15, 0.2) is 5.13 Å². The third-order valence-corrected chi connectivity index (χ3v) is 6.32. The smallest absolute Gasteiger partial charge is 0.413 e. The van der Waals surface area contributed by atoms with Crippen molar-refractivity contribution in [2.24, 2.45) is 0 Å². The predicted octanol–water partition coefficient (Wildman–Crippen LogP) is 1.96. The fourth-order valence-corrected chi connectivity index (χ4v) is 4.18. The number of nitrogens with one attached hydrogen (secondary N) is 1. The minimum atomic E-state index is -3.11. The van der Waals surface area contributed by atoms with Crippen LogP contribution in [0.2, 0.25) is 0 Å². The van der Waals surface area contributed by atoms with E-state index in [-0.39, 0.29) is 5.75 Å². The molecule has 2 rings (SSSR count). The molecule has 1 N–H and O–H groups in total. The Bertz CT molecular complexity index is 689. The Morgan fingerprint density at radius 1 is 1.32 bits per heavy atom. The quantitative estimate of drug-likeness (QED) is 0.826. The second-order valence-electron chi connectivity index (χ2n) is 6.85. The number of sulfonamides is 1. The molecule has 1 aromatic rings. The van der Waals surface area contributed by atoms with Crippen LogP contribution in [-0.2, 0) is 21.3 Å². The summed E-state index contributed by atoms with van der Waals surface area (Å²) in [6.45, 7) is 10.1. The van der Waals surface area contributed by atoms with Crippen molar-refractivity contribution in [3.05, 3.63) is 11.1 Å². The molecule has 1 amide bonds. The van der Waals surface area contributed by atoms with E-state index in [4.69, 9.17) is 4.74 Å². The normalized spacial score (nSPS) is 17.4. The number of hydrogen-bond donors (Lipinski definition) is 1. The second kappa shape index (κ2) is 7.98. The zero-order valence-electron chi connectivity index (χ0n) is 15.1. The van der Waals surface area contributed by atoms with E-state index in [9.17, 15) is 13.2 Å². The molecule has 0 atom stereocenters. The fraction of sp³-hybridized carbons (Fsp3) is 0.733. The average molecular weight is 391 g/mol. The number of nitrogens with zero attached hydrogens (tertiary/aromatic N) is 3. The van der Waals surface area contributed by atoms with Crippen molar-refractivity contribution in [3.8, 4) is 0 Å². The number of hydrogen-bond acceptors (Lipinski definition) is 7. The van der Waals surface area contributed by atoms with Gasteiger partial charge in [0.2, 0.25) is 10.0 Å². The van der Waals surface area contributed by atoms with Crippen molar-refractivity contribution >= 4 is 32.6 Å². The van der Waals surface area contributed by atoms with E-state index >= 15 is 0 Å². The number of carbonyl (C=O) groups is 1. The molecule has 1 aliphatic heterocycles. The first kappa shape index (κ1) is 20.1. The lowest BCUT2D eigenvalue weighted by molar-refractivity contribution is 0.0636. The molecule has 0 bridgehead atoms. The molecule has 10 heteroatoms. The van der Waals surface area contributed by atoms with Crippen LogP contribution < -0.4 is 5.32 Å². The monoisotopic (exact) mass is 390 g/mol. The second-order valence-corrected chi connectivity index (χ2v) is 9.96. The highest BCUT2D eigenvalue weighted by atomic mass is 32.2. The van der Waals surface area contributed by atoms with Gasteiger partial charge in [-0.05, 0) is 27.7 Å². The third kappa shape index (κ3) is 6.21. The van der Waals surface area contributed by atoms with E-state index in [1.165, 1.54) is 11.3 Å². The summed E-state index contributed by atoms with van der Waals surface area (Å²) in [6, 6.07) is 0. The van der Waals surface area contributed by atoms with E-state index in [1.54, 1.807) is 32.0 Å². The van der Waals surface area contributed by atoms with Crippen LogP contribution in [0.5, 0.6) is 0 Å². The number of thiazole rings is 1. The van der Waals surface area contributed by atoms with Crippen LogP contribution in [0.15, 0.2) is 5.38 Å². The molecular formula is C15H26N4O4S2. The number of ether oxygens (including phenoxy) is 1. The lowest BCUT2D eigenvalue weighted by Gasteiger charge is -2.33. The number of piperazine rings is 1. The van der Waals surface area contributed by atoms with Gasteiger partial charge in [0.1, 0.15) is 5.60 Å². The Kier molecular flexibility index (Phi) is 6.41. The zero-order valence-corrected chi connectivity index (χ0v) is 16.7. The topological polar surface area (TPSA) is 91.8 Å². The first-order chi connectivity index (χ1) is 11.6. The van der Waals surface area contributed by atoms with Crippen LogP contribution in [0.1, 0.15) is 33.4 Å². The number of aromatic nitrogens is 1. The zero-order chi connectivity index (χ0) is 18.7. The van der Waals surface area contributed by atoms with E-state index in [0.717, 1.165) is 5.69 Å². The van der Waals surface area contributed by atoms with Gasteiger partial charge in [-0.3, -0.25) is 10.2 Å². The van der Waals surface area contributed by atoms with Crippen LogP contribution in [0.25, 0.3) is 0 Å². The molecule has 0 aromatic carbocycles. The van der Waals surface area contributed by atoms with E-state index in [2.05, 4.69) is 15.2 Å². The maximum Gasteiger partial charge on any atom is 0.413 e. The molecule has 1 aliphatic rings. The number of anilines is 1. The van der Waals surface area contributed by atoms with Gasteiger partial charge in [-0.25, -0.2) is 18.2 Å². The van der Waals surface area contributed by atoms with Gasteiger partial charge in [0, 0.05) is 38.1 Å². The highest BCUT2D eigenvalue weighted by Gasteiger charge is 2.25. The highest BCUT2D eigenvalue weighted by molar-refractivity contribution is 7.89. The van der Waals surface area contributed by atoms with Gasteiger partial charge in [-0.2, -0.15) is 4.31 Å². The minimum Gasteiger partial charge on any atom is -0.444 e. The summed E-state index contributed by atoms with van der Waals surface area (Å²) in [4.78, 5) is 18.3. The molecule has 1 saturated heterocycles. The molecule has 1 fully saturated rings. The predicted molar refractivity (Wildman–Crippen MR) is 98.3 cm³/mol. The lowest BCUT2D eigenvalue weighted by Crippen LogP contribution is -2.48. The molecule has 142 valence electrons. The Morgan fingerprint density at radius 2 is 1.96 bits per heavy atom.